The van der Waals surface area contributed by atoms with Crippen LogP contribution in [0.3, 0.4) is 0 Å². The highest BCUT2D eigenvalue weighted by Gasteiger charge is 2.39. The highest BCUT2D eigenvalue weighted by molar-refractivity contribution is 6.06. The van der Waals surface area contributed by atoms with E-state index < -0.39 is 12.1 Å². The van der Waals surface area contributed by atoms with Crippen LogP contribution in [0.2, 0.25) is 0 Å². The van der Waals surface area contributed by atoms with Crippen molar-refractivity contribution < 1.29 is 19.1 Å². The Bertz CT molecular complexity index is 1810. The third-order valence-corrected chi connectivity index (χ3v) is 10.1. The molecule has 3 aromatic rings. The number of methoxy groups -OCH3 is 1. The van der Waals surface area contributed by atoms with Crippen LogP contribution in [0.1, 0.15) is 57.6 Å². The number of hydrogen-bond donors (Lipinski definition) is 1. The molecule has 7 rings (SSSR count). The zero-order valence-corrected chi connectivity index (χ0v) is 27.0. The summed E-state index contributed by atoms with van der Waals surface area (Å²) in [6, 6.07) is 16.8. The average molecular weight is 620 g/mol. The highest BCUT2D eigenvalue weighted by Crippen LogP contribution is 2.39. The number of alkyl carbamates (subject to hydrolysis) is 1. The van der Waals surface area contributed by atoms with E-state index >= 15 is 0 Å². The number of nitrogens with zero attached hydrogens (tertiary/aromatic N) is 4. The molecule has 9 heteroatoms. The number of likely N-dealkylation sites (tertiary alicyclic amines) is 2. The van der Waals surface area contributed by atoms with Gasteiger partial charge in [-0.3, -0.25) is 19.6 Å². The molecule has 9 nitrogen and oxygen atoms in total. The summed E-state index contributed by atoms with van der Waals surface area (Å²) in [5.74, 6) is -0.0236. The maximum absolute atomic E-state index is 13.6. The predicted molar refractivity (Wildman–Crippen MR) is 180 cm³/mol. The quantitative estimate of drug-likeness (QED) is 0.358. The molecular weight excluding hydrogens is 578 g/mol. The van der Waals surface area contributed by atoms with E-state index in [0.29, 0.717) is 13.0 Å². The zero-order chi connectivity index (χ0) is 32.1. The van der Waals surface area contributed by atoms with Gasteiger partial charge < -0.3 is 19.9 Å². The summed E-state index contributed by atoms with van der Waals surface area (Å²) in [4.78, 5) is 51.6. The molecule has 3 atom stereocenters. The van der Waals surface area contributed by atoms with Gasteiger partial charge in [0.1, 0.15) is 6.04 Å². The molecule has 238 valence electrons. The van der Waals surface area contributed by atoms with Gasteiger partial charge in [0.25, 0.3) is 0 Å². The molecule has 0 bridgehead atoms. The van der Waals surface area contributed by atoms with Gasteiger partial charge in [0, 0.05) is 44.3 Å². The van der Waals surface area contributed by atoms with E-state index in [1.165, 1.54) is 23.6 Å². The lowest BCUT2D eigenvalue weighted by Crippen LogP contribution is -2.53. The maximum Gasteiger partial charge on any atom is 0.407 e. The molecule has 3 aromatic carbocycles. The second-order valence-electron chi connectivity index (χ2n) is 13.3. The van der Waals surface area contributed by atoms with Gasteiger partial charge in [-0.1, -0.05) is 38.1 Å². The summed E-state index contributed by atoms with van der Waals surface area (Å²) in [7, 11) is 1.31. The van der Waals surface area contributed by atoms with Gasteiger partial charge in [0.2, 0.25) is 11.8 Å². The number of ether oxygens (including phenoxy) is 1. The Balaban J connectivity index is 1.09. The van der Waals surface area contributed by atoms with Crippen LogP contribution in [-0.2, 0) is 27.2 Å². The summed E-state index contributed by atoms with van der Waals surface area (Å²) in [6.45, 7) is 6.98. The SMILES string of the molecule is COC(=O)N[C@H](C(=O)N1CCC[C@H]1C1=Nc2ccc3cc(-c4ccc5c(c4)CC([C@@H]4CCCN4C(C)=O)=N5)ccc3c2C1)C(C)C. The van der Waals surface area contributed by atoms with Crippen LogP contribution >= 0.6 is 0 Å². The second kappa shape index (κ2) is 12.0. The average Bonchev–Trinajstić information content (AvgIpc) is 3.86. The first-order chi connectivity index (χ1) is 22.2. The Morgan fingerprint density at radius 1 is 0.848 bits per heavy atom. The molecule has 0 aromatic heterocycles. The van der Waals surface area contributed by atoms with Crippen LogP contribution in [0.15, 0.2) is 58.5 Å². The molecule has 3 amide bonds. The maximum atomic E-state index is 13.6. The van der Waals surface area contributed by atoms with Crippen molar-refractivity contribution in [3.05, 3.63) is 59.7 Å². The van der Waals surface area contributed by atoms with Crippen molar-refractivity contribution in [2.45, 2.75) is 77.4 Å². The van der Waals surface area contributed by atoms with Gasteiger partial charge in [-0.15, -0.1) is 0 Å². The van der Waals surface area contributed by atoms with E-state index in [-0.39, 0.29) is 29.8 Å². The van der Waals surface area contributed by atoms with Crippen LogP contribution in [-0.4, -0.2) is 77.5 Å². The van der Waals surface area contributed by atoms with E-state index in [4.69, 9.17) is 14.7 Å². The molecule has 0 spiro atoms. The van der Waals surface area contributed by atoms with Gasteiger partial charge in [-0.2, -0.15) is 0 Å². The fourth-order valence-corrected chi connectivity index (χ4v) is 7.76. The monoisotopic (exact) mass is 619 g/mol. The van der Waals surface area contributed by atoms with Gasteiger partial charge in [0.15, 0.2) is 0 Å². The van der Waals surface area contributed by atoms with Gasteiger partial charge in [-0.25, -0.2) is 4.79 Å². The third-order valence-electron chi connectivity index (χ3n) is 10.1. The fourth-order valence-electron chi connectivity index (χ4n) is 7.76. The number of carbonyl (C=O) groups excluding carboxylic acids is 3. The van der Waals surface area contributed by atoms with Crippen LogP contribution in [0, 0.1) is 5.92 Å². The van der Waals surface area contributed by atoms with E-state index in [0.717, 1.165) is 78.0 Å². The number of amides is 3. The van der Waals surface area contributed by atoms with Crippen molar-refractivity contribution >= 4 is 51.5 Å². The lowest BCUT2D eigenvalue weighted by atomic mass is 9.94. The summed E-state index contributed by atoms with van der Waals surface area (Å²) < 4.78 is 4.78. The van der Waals surface area contributed by atoms with Crippen molar-refractivity contribution in [3.63, 3.8) is 0 Å². The minimum absolute atomic E-state index is 0.0710. The molecule has 4 aliphatic heterocycles. The van der Waals surface area contributed by atoms with E-state index in [2.05, 4.69) is 53.8 Å². The minimum Gasteiger partial charge on any atom is -0.453 e. The van der Waals surface area contributed by atoms with Crippen molar-refractivity contribution in [2.24, 2.45) is 15.9 Å². The van der Waals surface area contributed by atoms with Crippen molar-refractivity contribution in [2.75, 3.05) is 20.2 Å². The van der Waals surface area contributed by atoms with Crippen LogP contribution in [0.4, 0.5) is 16.2 Å². The number of carbonyl (C=O) groups is 3. The lowest BCUT2D eigenvalue weighted by Gasteiger charge is -2.30. The van der Waals surface area contributed by atoms with Crippen LogP contribution < -0.4 is 5.32 Å². The van der Waals surface area contributed by atoms with Gasteiger partial charge in [-0.05, 0) is 88.9 Å². The lowest BCUT2D eigenvalue weighted by molar-refractivity contribution is -0.134. The first-order valence-corrected chi connectivity index (χ1v) is 16.5. The molecule has 1 N–H and O–H groups in total. The third kappa shape index (κ3) is 5.35. The number of fused-ring (bicyclic) bond motifs is 4. The van der Waals surface area contributed by atoms with E-state index in [1.54, 1.807) is 6.92 Å². The number of rotatable bonds is 6. The van der Waals surface area contributed by atoms with Gasteiger partial charge in [0.05, 0.1) is 30.6 Å². The molecule has 46 heavy (non-hydrogen) atoms. The van der Waals surface area contributed by atoms with E-state index in [1.807, 2.05) is 23.6 Å². The molecular formula is C37H41N5O4. The summed E-state index contributed by atoms with van der Waals surface area (Å²) in [5.41, 5.74) is 8.82. The Hall–Kier alpha value is -4.53. The second-order valence-corrected chi connectivity index (χ2v) is 13.3. The standard InChI is InChI=1S/C37H41N5O4/c1-21(2)35(40-37(45)46-4)36(44)42-16-6-8-34(42)32-20-28-27-12-9-23(17-25(27)11-14-30(28)39-32)24-10-13-29-26(18-24)19-31(38-29)33-7-5-15-41(33)22(3)43/h9-14,17-18,21,33-35H,5-8,15-16,19-20H2,1-4H3,(H,40,45)/t33-,34-,35-/m0/s1. The Labute approximate surface area is 269 Å². The molecule has 4 aliphatic rings. The van der Waals surface area contributed by atoms with Gasteiger partial charge >= 0.3 is 6.09 Å². The molecule has 0 unspecified atom stereocenters. The molecule has 0 aliphatic carbocycles. The predicted octanol–water partition coefficient (Wildman–Crippen LogP) is 6.15. The minimum atomic E-state index is -0.646. The van der Waals surface area contributed by atoms with Crippen LogP contribution in [0.25, 0.3) is 21.9 Å². The van der Waals surface area contributed by atoms with E-state index in [9.17, 15) is 14.4 Å². The normalized spacial score (nSPS) is 20.9. The number of hydrogen-bond acceptors (Lipinski definition) is 6. The summed E-state index contributed by atoms with van der Waals surface area (Å²) in [6.07, 6.45) is 4.68. The number of aliphatic imine (C=N–C) groups is 2. The highest BCUT2D eigenvalue weighted by atomic mass is 16.5. The first kappa shape index (κ1) is 30.1. The topological polar surface area (TPSA) is 104 Å². The number of nitrogens with one attached hydrogen (secondary N) is 1. The Kier molecular flexibility index (Phi) is 7.87. The molecule has 2 saturated heterocycles. The smallest absolute Gasteiger partial charge is 0.407 e. The first-order valence-electron chi connectivity index (χ1n) is 16.5. The largest absolute Gasteiger partial charge is 0.453 e. The number of benzene rings is 3. The fraction of sp³-hybridized carbons (Fsp3) is 0.432. The van der Waals surface area contributed by atoms with Crippen LogP contribution in [0.5, 0.6) is 0 Å². The van der Waals surface area contributed by atoms with Crippen molar-refractivity contribution in [3.8, 4) is 11.1 Å². The molecule has 2 fully saturated rings. The summed E-state index contributed by atoms with van der Waals surface area (Å²) >= 11 is 0. The van der Waals surface area contributed by atoms with Crippen molar-refractivity contribution in [1.82, 2.24) is 15.1 Å². The molecule has 0 radical (unpaired) electrons. The van der Waals surface area contributed by atoms with Crippen molar-refractivity contribution in [1.29, 1.82) is 0 Å². The molecule has 4 heterocycles. The molecule has 0 saturated carbocycles. The Morgan fingerprint density at radius 3 is 2.24 bits per heavy atom. The summed E-state index contributed by atoms with van der Waals surface area (Å²) in [5, 5.41) is 5.08. The Morgan fingerprint density at radius 2 is 1.50 bits per heavy atom. The zero-order valence-electron chi connectivity index (χ0n) is 27.0.